The van der Waals surface area contributed by atoms with E-state index in [2.05, 4.69) is 10.1 Å². The summed E-state index contributed by atoms with van der Waals surface area (Å²) in [5, 5.41) is 3.74. The van der Waals surface area contributed by atoms with Crippen molar-refractivity contribution >= 4 is 5.78 Å². The van der Waals surface area contributed by atoms with Crippen LogP contribution in [0.15, 0.2) is 4.52 Å². The molecule has 0 saturated carbocycles. The van der Waals surface area contributed by atoms with Crippen molar-refractivity contribution in [2.45, 2.75) is 39.7 Å². The van der Waals surface area contributed by atoms with Gasteiger partial charge in [0, 0.05) is 19.4 Å². The van der Waals surface area contributed by atoms with Crippen LogP contribution in [-0.2, 0) is 22.6 Å². The van der Waals surface area contributed by atoms with E-state index in [0.29, 0.717) is 37.8 Å². The maximum Gasteiger partial charge on any atom is 0.227 e. The van der Waals surface area contributed by atoms with E-state index in [1.807, 2.05) is 6.92 Å². The monoisotopic (exact) mass is 212 g/mol. The quantitative estimate of drug-likeness (QED) is 0.641. The Bertz CT molecular complexity index is 309. The molecular weight excluding hydrogens is 196 g/mol. The van der Waals surface area contributed by atoms with Crippen molar-refractivity contribution in [2.75, 3.05) is 6.61 Å². The molecule has 0 aliphatic heterocycles. The fourth-order valence-electron chi connectivity index (χ4n) is 1.04. The first-order valence-electron chi connectivity index (χ1n) is 5.11. The molecule has 1 aromatic rings. The molecule has 0 atom stereocenters. The van der Waals surface area contributed by atoms with E-state index in [0.717, 1.165) is 6.42 Å². The molecule has 5 heteroatoms. The lowest BCUT2D eigenvalue weighted by Crippen LogP contribution is -1.97. The minimum atomic E-state index is 0.122. The van der Waals surface area contributed by atoms with Crippen LogP contribution in [0.2, 0.25) is 0 Å². The Balaban J connectivity index is 2.32. The summed E-state index contributed by atoms with van der Waals surface area (Å²) in [6.07, 6.45) is 1.92. The third-order valence-electron chi connectivity index (χ3n) is 1.78. The van der Waals surface area contributed by atoms with Gasteiger partial charge in [-0.15, -0.1) is 0 Å². The van der Waals surface area contributed by atoms with Crippen LogP contribution >= 0.6 is 0 Å². The fraction of sp³-hybridized carbons (Fsp3) is 0.700. The zero-order chi connectivity index (χ0) is 11.1. The largest absolute Gasteiger partial charge is 0.373 e. The van der Waals surface area contributed by atoms with Gasteiger partial charge in [0.05, 0.1) is 0 Å². The highest BCUT2D eigenvalue weighted by Gasteiger charge is 2.06. The number of Topliss-reactive ketones (excluding diaryl/α,β-unsaturated/α-hetero) is 1. The van der Waals surface area contributed by atoms with Gasteiger partial charge < -0.3 is 14.1 Å². The number of ketones is 1. The minimum Gasteiger partial charge on any atom is -0.373 e. The number of hydrogen-bond donors (Lipinski definition) is 0. The number of hydrogen-bond acceptors (Lipinski definition) is 5. The van der Waals surface area contributed by atoms with Gasteiger partial charge in [0.15, 0.2) is 5.82 Å². The van der Waals surface area contributed by atoms with E-state index in [4.69, 9.17) is 9.26 Å². The van der Waals surface area contributed by atoms with Crippen molar-refractivity contribution in [3.63, 3.8) is 0 Å². The summed E-state index contributed by atoms with van der Waals surface area (Å²) in [7, 11) is 0. The van der Waals surface area contributed by atoms with E-state index in [1.165, 1.54) is 0 Å². The Kier molecular flexibility index (Phi) is 4.97. The highest BCUT2D eigenvalue weighted by molar-refractivity contribution is 5.75. The molecule has 0 amide bonds. The second-order valence-electron chi connectivity index (χ2n) is 3.36. The summed E-state index contributed by atoms with van der Waals surface area (Å²) >= 11 is 0. The Morgan fingerprint density at radius 2 is 2.33 bits per heavy atom. The lowest BCUT2D eigenvalue weighted by atomic mass is 10.2. The van der Waals surface area contributed by atoms with Gasteiger partial charge in [-0.25, -0.2) is 0 Å². The van der Waals surface area contributed by atoms with Crippen LogP contribution in [0.4, 0.5) is 0 Å². The number of aromatic nitrogens is 2. The second-order valence-corrected chi connectivity index (χ2v) is 3.36. The molecule has 0 N–H and O–H groups in total. The van der Waals surface area contributed by atoms with Crippen LogP contribution in [0.3, 0.4) is 0 Å². The van der Waals surface area contributed by atoms with Gasteiger partial charge in [-0.05, 0) is 13.3 Å². The van der Waals surface area contributed by atoms with Gasteiger partial charge in [0.2, 0.25) is 5.89 Å². The first-order chi connectivity index (χ1) is 7.22. The van der Waals surface area contributed by atoms with Gasteiger partial charge in [-0.1, -0.05) is 12.1 Å². The average molecular weight is 212 g/mol. The van der Waals surface area contributed by atoms with E-state index in [-0.39, 0.29) is 5.78 Å². The Morgan fingerprint density at radius 1 is 1.53 bits per heavy atom. The molecule has 1 rings (SSSR count). The Hall–Kier alpha value is -1.23. The number of carbonyl (C=O) groups excluding carboxylic acids is 1. The molecule has 0 radical (unpaired) electrons. The summed E-state index contributed by atoms with van der Waals surface area (Å²) in [5.74, 6) is 1.17. The average Bonchev–Trinajstić information content (AvgIpc) is 2.63. The van der Waals surface area contributed by atoms with E-state index < -0.39 is 0 Å². The molecule has 5 nitrogen and oxygen atoms in total. The molecule has 0 bridgehead atoms. The van der Waals surface area contributed by atoms with Crippen LogP contribution in [0.1, 0.15) is 38.4 Å². The molecule has 0 spiro atoms. The second kappa shape index (κ2) is 6.29. The van der Waals surface area contributed by atoms with Crippen LogP contribution in [0.25, 0.3) is 0 Å². The molecule has 0 saturated heterocycles. The highest BCUT2D eigenvalue weighted by atomic mass is 16.5. The van der Waals surface area contributed by atoms with Gasteiger partial charge in [0.25, 0.3) is 0 Å². The summed E-state index contributed by atoms with van der Waals surface area (Å²) in [6.45, 7) is 4.64. The van der Waals surface area contributed by atoms with Gasteiger partial charge in [-0.3, -0.25) is 0 Å². The topological polar surface area (TPSA) is 65.2 Å². The van der Waals surface area contributed by atoms with Crippen LogP contribution in [-0.4, -0.2) is 22.5 Å². The fourth-order valence-corrected chi connectivity index (χ4v) is 1.04. The minimum absolute atomic E-state index is 0.122. The number of aryl methyl sites for hydroxylation is 1. The Labute approximate surface area is 88.8 Å². The molecule has 0 aliphatic carbocycles. The lowest BCUT2D eigenvalue weighted by Gasteiger charge is -1.95. The number of ether oxygens (including phenoxy) is 1. The van der Waals surface area contributed by atoms with E-state index in [9.17, 15) is 4.79 Å². The smallest absolute Gasteiger partial charge is 0.227 e. The van der Waals surface area contributed by atoms with Gasteiger partial charge in [-0.2, -0.15) is 4.98 Å². The Morgan fingerprint density at radius 3 is 3.00 bits per heavy atom. The number of nitrogens with zero attached hydrogens (tertiary/aromatic N) is 2. The molecular formula is C10H16N2O3. The number of carbonyl (C=O) groups is 1. The third kappa shape index (κ3) is 4.69. The van der Waals surface area contributed by atoms with Crippen molar-refractivity contribution in [3.8, 4) is 0 Å². The van der Waals surface area contributed by atoms with Crippen molar-refractivity contribution in [1.82, 2.24) is 10.1 Å². The summed E-state index contributed by atoms with van der Waals surface area (Å²) < 4.78 is 10.2. The molecule has 0 aromatic carbocycles. The molecule has 0 aliphatic rings. The summed E-state index contributed by atoms with van der Waals surface area (Å²) in [5.41, 5.74) is 0. The molecule has 84 valence electrons. The zero-order valence-corrected chi connectivity index (χ0v) is 9.15. The van der Waals surface area contributed by atoms with E-state index >= 15 is 0 Å². The molecule has 1 heterocycles. The van der Waals surface area contributed by atoms with Crippen LogP contribution in [0, 0.1) is 0 Å². The highest BCUT2D eigenvalue weighted by Crippen LogP contribution is 2.02. The predicted molar refractivity (Wildman–Crippen MR) is 53.2 cm³/mol. The van der Waals surface area contributed by atoms with Gasteiger partial charge in [0.1, 0.15) is 12.4 Å². The SMILES string of the molecule is CCCOCc1noc(CCC(C)=O)n1. The number of rotatable bonds is 7. The molecule has 0 unspecified atom stereocenters. The summed E-state index contributed by atoms with van der Waals surface area (Å²) in [4.78, 5) is 14.8. The van der Waals surface area contributed by atoms with Crippen molar-refractivity contribution in [3.05, 3.63) is 11.7 Å². The van der Waals surface area contributed by atoms with Crippen molar-refractivity contribution < 1.29 is 14.1 Å². The predicted octanol–water partition coefficient (Wildman–Crippen LogP) is 1.52. The van der Waals surface area contributed by atoms with Crippen molar-refractivity contribution in [1.29, 1.82) is 0 Å². The van der Waals surface area contributed by atoms with Gasteiger partial charge >= 0.3 is 0 Å². The molecule has 1 aromatic heterocycles. The summed E-state index contributed by atoms with van der Waals surface area (Å²) in [6, 6.07) is 0. The molecule has 15 heavy (non-hydrogen) atoms. The van der Waals surface area contributed by atoms with Crippen LogP contribution < -0.4 is 0 Å². The first kappa shape index (κ1) is 11.8. The molecule has 0 fully saturated rings. The standard InChI is InChI=1S/C10H16N2O3/c1-3-6-14-7-9-11-10(15-12-9)5-4-8(2)13/h3-7H2,1-2H3. The van der Waals surface area contributed by atoms with Crippen LogP contribution in [0.5, 0.6) is 0 Å². The first-order valence-corrected chi connectivity index (χ1v) is 5.11. The zero-order valence-electron chi connectivity index (χ0n) is 9.15. The lowest BCUT2D eigenvalue weighted by molar-refractivity contribution is -0.117. The third-order valence-corrected chi connectivity index (χ3v) is 1.78. The van der Waals surface area contributed by atoms with Crippen molar-refractivity contribution in [2.24, 2.45) is 0 Å². The maximum atomic E-state index is 10.7. The van der Waals surface area contributed by atoms with E-state index in [1.54, 1.807) is 6.92 Å². The maximum absolute atomic E-state index is 10.7. The normalized spacial score (nSPS) is 10.5.